The van der Waals surface area contributed by atoms with E-state index in [0.717, 1.165) is 24.7 Å². The Hall–Kier alpha value is -2.09. The molecule has 2 amide bonds. The quantitative estimate of drug-likeness (QED) is 0.793. The lowest BCUT2D eigenvalue weighted by Gasteiger charge is -2.29. The Balaban J connectivity index is 2.16. The Morgan fingerprint density at radius 2 is 1.96 bits per heavy atom. The molecule has 0 radical (unpaired) electrons. The zero-order valence-corrected chi connectivity index (χ0v) is 14.9. The molecule has 0 fully saturated rings. The van der Waals surface area contributed by atoms with Gasteiger partial charge in [-0.15, -0.1) is 0 Å². The van der Waals surface area contributed by atoms with Crippen molar-refractivity contribution in [1.82, 2.24) is 5.32 Å². The number of anilines is 2. The van der Waals surface area contributed by atoms with Crippen molar-refractivity contribution in [1.29, 1.82) is 0 Å². The van der Waals surface area contributed by atoms with Crippen LogP contribution in [0.3, 0.4) is 0 Å². The van der Waals surface area contributed by atoms with Gasteiger partial charge in [0.2, 0.25) is 10.0 Å². The number of fused-ring (bicyclic) bond motifs is 1. The van der Waals surface area contributed by atoms with Crippen molar-refractivity contribution < 1.29 is 18.0 Å². The fourth-order valence-corrected chi connectivity index (χ4v) is 3.52. The summed E-state index contributed by atoms with van der Waals surface area (Å²) in [6.45, 7) is 4.69. The highest BCUT2D eigenvalue weighted by atomic mass is 32.2. The minimum Gasteiger partial charge on any atom is -0.348 e. The molecule has 7 nitrogen and oxygen atoms in total. The van der Waals surface area contributed by atoms with Gasteiger partial charge in [0.15, 0.2) is 0 Å². The Bertz CT molecular complexity index is 744. The van der Waals surface area contributed by atoms with Crippen LogP contribution in [0.15, 0.2) is 18.2 Å². The summed E-state index contributed by atoms with van der Waals surface area (Å²) in [4.78, 5) is 23.7. The Morgan fingerprint density at radius 3 is 2.58 bits per heavy atom. The van der Waals surface area contributed by atoms with Gasteiger partial charge in [-0.3, -0.25) is 13.9 Å². The van der Waals surface area contributed by atoms with Gasteiger partial charge in [0.05, 0.1) is 11.9 Å². The first-order chi connectivity index (χ1) is 11.2. The molecule has 0 unspecified atom stereocenters. The first kappa shape index (κ1) is 18.3. The molecule has 0 spiro atoms. The number of nitrogens with one attached hydrogen (secondary N) is 2. The molecule has 1 aromatic rings. The highest BCUT2D eigenvalue weighted by molar-refractivity contribution is 7.92. The van der Waals surface area contributed by atoms with E-state index in [1.165, 1.54) is 4.31 Å². The van der Waals surface area contributed by atoms with Crippen molar-refractivity contribution in [2.45, 2.75) is 26.7 Å². The molecule has 0 saturated carbocycles. The summed E-state index contributed by atoms with van der Waals surface area (Å²) in [5, 5.41) is 5.06. The number of sulfonamides is 1. The van der Waals surface area contributed by atoms with Gasteiger partial charge < -0.3 is 10.6 Å². The summed E-state index contributed by atoms with van der Waals surface area (Å²) in [6.07, 6.45) is 2.69. The van der Waals surface area contributed by atoms with Gasteiger partial charge in [0.25, 0.3) is 0 Å². The molecule has 0 aliphatic carbocycles. The number of hydrogen-bond donors (Lipinski definition) is 2. The first-order valence-corrected chi connectivity index (χ1v) is 9.73. The maximum atomic E-state index is 11.9. The highest BCUT2D eigenvalue weighted by Crippen LogP contribution is 2.31. The van der Waals surface area contributed by atoms with Crippen LogP contribution in [-0.4, -0.2) is 39.6 Å². The van der Waals surface area contributed by atoms with Crippen molar-refractivity contribution >= 4 is 33.2 Å². The van der Waals surface area contributed by atoms with E-state index in [4.69, 9.17) is 0 Å². The van der Waals surface area contributed by atoms with Crippen LogP contribution in [-0.2, 0) is 26.0 Å². The predicted molar refractivity (Wildman–Crippen MR) is 93.4 cm³/mol. The van der Waals surface area contributed by atoms with Crippen LogP contribution < -0.4 is 14.9 Å². The maximum Gasteiger partial charge on any atom is 0.313 e. The molecule has 1 aliphatic heterocycles. The second-order valence-corrected chi connectivity index (χ2v) is 8.25. The van der Waals surface area contributed by atoms with Crippen LogP contribution >= 0.6 is 0 Å². The fraction of sp³-hybridized carbons (Fsp3) is 0.500. The van der Waals surface area contributed by atoms with E-state index < -0.39 is 21.8 Å². The van der Waals surface area contributed by atoms with Crippen LogP contribution in [0, 0.1) is 5.92 Å². The highest BCUT2D eigenvalue weighted by Gasteiger charge is 2.24. The normalized spacial score (nSPS) is 14.2. The summed E-state index contributed by atoms with van der Waals surface area (Å²) in [6, 6.07) is 5.07. The number of carbonyl (C=O) groups is 2. The third-order valence-corrected chi connectivity index (χ3v) is 4.88. The minimum absolute atomic E-state index is 0.244. The fourth-order valence-electron chi connectivity index (χ4n) is 2.53. The zero-order valence-electron chi connectivity index (χ0n) is 14.1. The molecule has 0 saturated heterocycles. The molecule has 0 atom stereocenters. The van der Waals surface area contributed by atoms with E-state index in [-0.39, 0.29) is 5.92 Å². The molecule has 8 heteroatoms. The zero-order chi connectivity index (χ0) is 17.9. The third-order valence-electron chi connectivity index (χ3n) is 3.70. The third kappa shape index (κ3) is 4.47. The molecule has 1 aliphatic rings. The van der Waals surface area contributed by atoms with Crippen molar-refractivity contribution in [3.8, 4) is 0 Å². The number of aryl methyl sites for hydroxylation is 1. The summed E-state index contributed by atoms with van der Waals surface area (Å²) in [5.74, 6) is -1.23. The van der Waals surface area contributed by atoms with Crippen molar-refractivity contribution in [3.63, 3.8) is 0 Å². The number of rotatable bonds is 4. The summed E-state index contributed by atoms with van der Waals surface area (Å²) in [7, 11) is -3.38. The second kappa shape index (κ2) is 7.21. The van der Waals surface area contributed by atoms with Gasteiger partial charge in [-0.25, -0.2) is 8.42 Å². The van der Waals surface area contributed by atoms with Gasteiger partial charge in [-0.05, 0) is 36.5 Å². The lowest BCUT2D eigenvalue weighted by atomic mass is 10.0. The van der Waals surface area contributed by atoms with E-state index >= 15 is 0 Å². The van der Waals surface area contributed by atoms with E-state index in [0.29, 0.717) is 24.5 Å². The smallest absolute Gasteiger partial charge is 0.313 e. The molecule has 1 aromatic carbocycles. The summed E-state index contributed by atoms with van der Waals surface area (Å²) in [5.41, 5.74) is 1.87. The maximum absolute atomic E-state index is 11.9. The van der Waals surface area contributed by atoms with Gasteiger partial charge in [0, 0.05) is 18.8 Å². The van der Waals surface area contributed by atoms with Crippen LogP contribution in [0.5, 0.6) is 0 Å². The van der Waals surface area contributed by atoms with Gasteiger partial charge in [-0.1, -0.05) is 19.9 Å². The number of hydrogen-bond acceptors (Lipinski definition) is 4. The number of carbonyl (C=O) groups excluding carboxylic acids is 2. The molecule has 132 valence electrons. The SMILES string of the molecule is CC(C)CNC(=O)C(=O)Nc1ccc2c(c1)N(S(C)(=O)=O)CCC2. The van der Waals surface area contributed by atoms with E-state index in [1.807, 2.05) is 13.8 Å². The monoisotopic (exact) mass is 353 g/mol. The van der Waals surface area contributed by atoms with Crippen molar-refractivity contribution in [2.24, 2.45) is 5.92 Å². The van der Waals surface area contributed by atoms with Crippen LogP contribution in [0.4, 0.5) is 11.4 Å². The van der Waals surface area contributed by atoms with Crippen LogP contribution in [0.25, 0.3) is 0 Å². The lowest BCUT2D eigenvalue weighted by molar-refractivity contribution is -0.136. The number of amides is 2. The van der Waals surface area contributed by atoms with E-state index in [9.17, 15) is 18.0 Å². The summed E-state index contributed by atoms with van der Waals surface area (Å²) < 4.78 is 25.2. The van der Waals surface area contributed by atoms with E-state index in [1.54, 1.807) is 18.2 Å². The van der Waals surface area contributed by atoms with E-state index in [2.05, 4.69) is 10.6 Å². The van der Waals surface area contributed by atoms with Crippen LogP contribution in [0.2, 0.25) is 0 Å². The lowest BCUT2D eigenvalue weighted by Crippen LogP contribution is -2.37. The number of benzene rings is 1. The average molecular weight is 353 g/mol. The Labute approximate surface area is 142 Å². The van der Waals surface area contributed by atoms with Crippen LogP contribution in [0.1, 0.15) is 25.8 Å². The Kier molecular flexibility index (Phi) is 5.48. The molecule has 0 aromatic heterocycles. The molecule has 24 heavy (non-hydrogen) atoms. The van der Waals surface area contributed by atoms with Gasteiger partial charge in [-0.2, -0.15) is 0 Å². The Morgan fingerprint density at radius 1 is 1.25 bits per heavy atom. The van der Waals surface area contributed by atoms with Crippen molar-refractivity contribution in [2.75, 3.05) is 29.0 Å². The molecule has 2 rings (SSSR count). The second-order valence-electron chi connectivity index (χ2n) is 6.34. The minimum atomic E-state index is -3.38. The van der Waals surface area contributed by atoms with Gasteiger partial charge in [0.1, 0.15) is 0 Å². The van der Waals surface area contributed by atoms with Gasteiger partial charge >= 0.3 is 11.8 Å². The molecule has 1 heterocycles. The molecule has 2 N–H and O–H groups in total. The molecular weight excluding hydrogens is 330 g/mol. The number of nitrogens with zero attached hydrogens (tertiary/aromatic N) is 1. The first-order valence-electron chi connectivity index (χ1n) is 7.88. The predicted octanol–water partition coefficient (Wildman–Crippen LogP) is 1.11. The average Bonchev–Trinajstić information content (AvgIpc) is 2.50. The molecule has 0 bridgehead atoms. The molecular formula is C16H23N3O4S. The standard InChI is InChI=1S/C16H23N3O4S/c1-11(2)10-17-15(20)16(21)18-13-7-6-12-5-4-8-19(14(12)9-13)24(3,22)23/h6-7,9,11H,4-5,8,10H2,1-3H3,(H,17,20)(H,18,21). The van der Waals surface area contributed by atoms with Crippen molar-refractivity contribution in [3.05, 3.63) is 23.8 Å². The topological polar surface area (TPSA) is 95.6 Å². The largest absolute Gasteiger partial charge is 0.348 e. The summed E-state index contributed by atoms with van der Waals surface area (Å²) >= 11 is 0.